The minimum absolute atomic E-state index is 0.126. The van der Waals surface area contributed by atoms with Crippen LogP contribution in [0, 0.1) is 0 Å². The lowest BCUT2D eigenvalue weighted by Gasteiger charge is -2.17. The van der Waals surface area contributed by atoms with Crippen molar-refractivity contribution in [2.24, 2.45) is 0 Å². The molecule has 0 fully saturated rings. The molecule has 0 aliphatic heterocycles. The zero-order chi connectivity index (χ0) is 13.0. The monoisotopic (exact) mass is 248 g/mol. The van der Waals surface area contributed by atoms with Crippen molar-refractivity contribution in [3.05, 3.63) is 42.1 Å². The first-order valence-electron chi connectivity index (χ1n) is 5.79. The fourth-order valence-corrected chi connectivity index (χ4v) is 1.85. The molecule has 0 saturated heterocycles. The Labute approximate surface area is 105 Å². The Bertz CT molecular complexity index is 484. The van der Waals surface area contributed by atoms with Gasteiger partial charge in [0.2, 0.25) is 0 Å². The third kappa shape index (κ3) is 2.59. The maximum atomic E-state index is 10.0. The van der Waals surface area contributed by atoms with Gasteiger partial charge in [-0.05, 0) is 12.0 Å². The van der Waals surface area contributed by atoms with E-state index in [1.54, 1.807) is 0 Å². The van der Waals surface area contributed by atoms with Gasteiger partial charge in [-0.15, -0.1) is 0 Å². The van der Waals surface area contributed by atoms with Crippen molar-refractivity contribution in [2.75, 3.05) is 6.61 Å². The van der Waals surface area contributed by atoms with Gasteiger partial charge in [0, 0.05) is 12.2 Å². The van der Waals surface area contributed by atoms with Crippen LogP contribution >= 0.6 is 0 Å². The topological polar surface area (TPSA) is 89.4 Å². The minimum atomic E-state index is -1.06. The number of nitrogens with one attached hydrogen (secondary N) is 1. The molecule has 0 saturated carbocycles. The molecule has 0 spiro atoms. The van der Waals surface area contributed by atoms with Gasteiger partial charge in [-0.2, -0.15) is 5.10 Å². The summed E-state index contributed by atoms with van der Waals surface area (Å²) in [5.41, 5.74) is 2.10. The number of aliphatic hydroxyl groups excluding tert-OH is 3. The molecular weight excluding hydrogens is 232 g/mol. The SMILES string of the molecule is OCCC(O)C(O)c1cn[nH]c1-c1ccccc1. The summed E-state index contributed by atoms with van der Waals surface area (Å²) in [6.45, 7) is -0.170. The number of rotatable bonds is 5. The van der Waals surface area contributed by atoms with Gasteiger partial charge in [-0.1, -0.05) is 30.3 Å². The second-order valence-corrected chi connectivity index (χ2v) is 4.09. The van der Waals surface area contributed by atoms with Crippen molar-refractivity contribution in [3.63, 3.8) is 0 Å². The van der Waals surface area contributed by atoms with Crippen molar-refractivity contribution in [3.8, 4) is 11.3 Å². The van der Waals surface area contributed by atoms with Gasteiger partial charge in [0.15, 0.2) is 0 Å². The van der Waals surface area contributed by atoms with E-state index in [4.69, 9.17) is 5.11 Å². The predicted molar refractivity (Wildman–Crippen MR) is 66.7 cm³/mol. The fourth-order valence-electron chi connectivity index (χ4n) is 1.85. The summed E-state index contributed by atoms with van der Waals surface area (Å²) < 4.78 is 0. The molecule has 18 heavy (non-hydrogen) atoms. The van der Waals surface area contributed by atoms with E-state index < -0.39 is 12.2 Å². The van der Waals surface area contributed by atoms with Crippen LogP contribution in [-0.4, -0.2) is 38.2 Å². The maximum Gasteiger partial charge on any atom is 0.109 e. The molecule has 1 aromatic heterocycles. The molecule has 1 aromatic carbocycles. The van der Waals surface area contributed by atoms with Crippen LogP contribution in [0.15, 0.2) is 36.5 Å². The molecule has 2 unspecified atom stereocenters. The highest BCUT2D eigenvalue weighted by molar-refractivity contribution is 5.62. The molecule has 96 valence electrons. The molecule has 2 aromatic rings. The van der Waals surface area contributed by atoms with Crippen LogP contribution in [0.1, 0.15) is 18.1 Å². The summed E-state index contributed by atoms with van der Waals surface area (Å²) in [5, 5.41) is 35.2. The molecular formula is C13H16N2O3. The number of H-pyrrole nitrogens is 1. The predicted octanol–water partition coefficient (Wildman–Crippen LogP) is 0.853. The van der Waals surface area contributed by atoms with E-state index in [2.05, 4.69) is 10.2 Å². The van der Waals surface area contributed by atoms with E-state index >= 15 is 0 Å². The van der Waals surface area contributed by atoms with Crippen LogP contribution in [-0.2, 0) is 0 Å². The third-order valence-electron chi connectivity index (χ3n) is 2.84. The molecule has 0 bridgehead atoms. The van der Waals surface area contributed by atoms with E-state index in [0.717, 1.165) is 5.56 Å². The second kappa shape index (κ2) is 5.77. The molecule has 2 rings (SSSR count). The summed E-state index contributed by atoms with van der Waals surface area (Å²) in [4.78, 5) is 0. The fraction of sp³-hybridized carbons (Fsp3) is 0.308. The lowest BCUT2D eigenvalue weighted by molar-refractivity contribution is 0.00452. The van der Waals surface area contributed by atoms with Crippen LogP contribution in [0.4, 0.5) is 0 Å². The highest BCUT2D eigenvalue weighted by atomic mass is 16.3. The lowest BCUT2D eigenvalue weighted by atomic mass is 9.99. The molecule has 2 atom stereocenters. The molecule has 4 N–H and O–H groups in total. The largest absolute Gasteiger partial charge is 0.396 e. The summed E-state index contributed by atoms with van der Waals surface area (Å²) in [7, 11) is 0. The van der Waals surface area contributed by atoms with E-state index in [-0.39, 0.29) is 13.0 Å². The van der Waals surface area contributed by atoms with Crippen molar-refractivity contribution in [1.82, 2.24) is 10.2 Å². The van der Waals surface area contributed by atoms with Crippen molar-refractivity contribution >= 4 is 0 Å². The Balaban J connectivity index is 2.28. The zero-order valence-corrected chi connectivity index (χ0v) is 9.82. The van der Waals surface area contributed by atoms with Crippen LogP contribution in [0.25, 0.3) is 11.3 Å². The number of aromatic nitrogens is 2. The molecule has 5 heteroatoms. The van der Waals surface area contributed by atoms with Gasteiger partial charge in [0.05, 0.1) is 18.0 Å². The summed E-state index contributed by atoms with van der Waals surface area (Å²) in [6, 6.07) is 9.45. The van der Waals surface area contributed by atoms with Crippen molar-refractivity contribution in [1.29, 1.82) is 0 Å². The average molecular weight is 248 g/mol. The molecule has 0 radical (unpaired) electrons. The Morgan fingerprint density at radius 3 is 2.56 bits per heavy atom. The van der Waals surface area contributed by atoms with Crippen molar-refractivity contribution in [2.45, 2.75) is 18.6 Å². The molecule has 0 aliphatic rings. The quantitative estimate of drug-likeness (QED) is 0.631. The zero-order valence-electron chi connectivity index (χ0n) is 9.82. The van der Waals surface area contributed by atoms with Gasteiger partial charge >= 0.3 is 0 Å². The van der Waals surface area contributed by atoms with Crippen LogP contribution in [0.3, 0.4) is 0 Å². The normalized spacial score (nSPS) is 14.4. The van der Waals surface area contributed by atoms with Gasteiger partial charge < -0.3 is 15.3 Å². The Morgan fingerprint density at radius 1 is 1.17 bits per heavy atom. The lowest BCUT2D eigenvalue weighted by Crippen LogP contribution is -2.19. The Kier molecular flexibility index (Phi) is 4.09. The number of hydrogen-bond acceptors (Lipinski definition) is 4. The Hall–Kier alpha value is -1.69. The third-order valence-corrected chi connectivity index (χ3v) is 2.84. The highest BCUT2D eigenvalue weighted by Gasteiger charge is 2.22. The smallest absolute Gasteiger partial charge is 0.109 e. The van der Waals surface area contributed by atoms with Crippen molar-refractivity contribution < 1.29 is 15.3 Å². The first-order chi connectivity index (χ1) is 8.74. The van der Waals surface area contributed by atoms with E-state index in [0.29, 0.717) is 11.3 Å². The number of benzene rings is 1. The van der Waals surface area contributed by atoms with Crippen LogP contribution in [0.2, 0.25) is 0 Å². The molecule has 0 aliphatic carbocycles. The number of hydrogen-bond donors (Lipinski definition) is 4. The molecule has 1 heterocycles. The summed E-state index contributed by atoms with van der Waals surface area (Å²) in [5.74, 6) is 0. The minimum Gasteiger partial charge on any atom is -0.396 e. The van der Waals surface area contributed by atoms with Crippen LogP contribution in [0.5, 0.6) is 0 Å². The van der Waals surface area contributed by atoms with Gasteiger partial charge in [-0.3, -0.25) is 5.10 Å². The second-order valence-electron chi connectivity index (χ2n) is 4.09. The van der Waals surface area contributed by atoms with E-state index in [1.807, 2.05) is 30.3 Å². The Morgan fingerprint density at radius 2 is 1.89 bits per heavy atom. The highest BCUT2D eigenvalue weighted by Crippen LogP contribution is 2.28. The molecule has 0 amide bonds. The van der Waals surface area contributed by atoms with E-state index in [1.165, 1.54) is 6.20 Å². The van der Waals surface area contributed by atoms with E-state index in [9.17, 15) is 10.2 Å². The standard InChI is InChI=1S/C13H16N2O3/c16-7-6-11(17)13(18)10-8-14-15-12(10)9-4-2-1-3-5-9/h1-5,8,11,13,16-18H,6-7H2,(H,14,15). The van der Waals surface area contributed by atoms with Gasteiger partial charge in [0.25, 0.3) is 0 Å². The summed E-state index contributed by atoms with van der Waals surface area (Å²) >= 11 is 0. The average Bonchev–Trinajstić information content (AvgIpc) is 2.88. The maximum absolute atomic E-state index is 10.0. The number of nitrogens with zero attached hydrogens (tertiary/aromatic N) is 1. The number of aromatic amines is 1. The summed E-state index contributed by atoms with van der Waals surface area (Å²) in [6.07, 6.45) is -0.449. The first kappa shape index (κ1) is 12.8. The molecule has 5 nitrogen and oxygen atoms in total. The first-order valence-corrected chi connectivity index (χ1v) is 5.79. The number of aliphatic hydroxyl groups is 3. The van der Waals surface area contributed by atoms with Gasteiger partial charge in [-0.25, -0.2) is 0 Å². The van der Waals surface area contributed by atoms with Crippen LogP contribution < -0.4 is 0 Å². The van der Waals surface area contributed by atoms with Gasteiger partial charge in [0.1, 0.15) is 6.10 Å².